The van der Waals surface area contributed by atoms with Crippen LogP contribution in [0.25, 0.3) is 33.4 Å². The lowest BCUT2D eigenvalue weighted by Gasteiger charge is -2.45. The van der Waals surface area contributed by atoms with E-state index in [1.807, 2.05) is 0 Å². The number of fused-ring (bicyclic) bond motifs is 5. The summed E-state index contributed by atoms with van der Waals surface area (Å²) in [5.74, 6) is 0.976. The molecule has 0 heterocycles. The topological polar surface area (TPSA) is 6.48 Å². The molecule has 336 valence electrons. The highest BCUT2D eigenvalue weighted by Crippen LogP contribution is 2.66. The number of para-hydroxylation sites is 2. The van der Waals surface area contributed by atoms with Crippen molar-refractivity contribution in [2.75, 3.05) is 9.80 Å². The molecule has 9 aromatic carbocycles. The van der Waals surface area contributed by atoms with Gasteiger partial charge in [0.25, 0.3) is 0 Å². The van der Waals surface area contributed by atoms with Crippen LogP contribution in [-0.4, -0.2) is 0 Å². The van der Waals surface area contributed by atoms with Gasteiger partial charge in [-0.1, -0.05) is 191 Å². The molecule has 0 radical (unpaired) electrons. The van der Waals surface area contributed by atoms with Crippen molar-refractivity contribution in [2.45, 2.75) is 69.6 Å². The minimum atomic E-state index is -0.181. The Kier molecular flexibility index (Phi) is 10.1. The molecule has 9 aromatic rings. The molecule has 0 saturated heterocycles. The number of nitrogens with zero attached hydrogens (tertiary/aromatic N) is 2. The summed E-state index contributed by atoms with van der Waals surface area (Å²) in [5, 5.41) is 0. The van der Waals surface area contributed by atoms with Gasteiger partial charge in [-0.2, -0.15) is 0 Å². The second-order valence-electron chi connectivity index (χ2n) is 20.6. The van der Waals surface area contributed by atoms with Gasteiger partial charge in [-0.15, -0.1) is 0 Å². The predicted molar refractivity (Wildman–Crippen MR) is 289 cm³/mol. The van der Waals surface area contributed by atoms with Gasteiger partial charge in [0.2, 0.25) is 0 Å². The van der Waals surface area contributed by atoms with E-state index in [1.165, 1.54) is 122 Å². The Bertz CT molecular complexity index is 3340. The fourth-order valence-electron chi connectivity index (χ4n) is 13.8. The zero-order valence-electron chi connectivity index (χ0n) is 39.8. The summed E-state index contributed by atoms with van der Waals surface area (Å²) in [5.41, 5.74) is 23.8. The Hall–Kier alpha value is -7.42. The van der Waals surface area contributed by atoms with E-state index in [-0.39, 0.29) is 10.8 Å². The molecule has 1 saturated carbocycles. The van der Waals surface area contributed by atoms with E-state index in [1.54, 1.807) is 11.1 Å². The molecule has 1 spiro atoms. The van der Waals surface area contributed by atoms with Gasteiger partial charge < -0.3 is 9.80 Å². The van der Waals surface area contributed by atoms with Crippen LogP contribution in [-0.2, 0) is 23.7 Å². The second kappa shape index (κ2) is 16.7. The lowest BCUT2D eigenvalue weighted by atomic mass is 9.60. The zero-order chi connectivity index (χ0) is 46.1. The van der Waals surface area contributed by atoms with Crippen molar-refractivity contribution in [2.24, 2.45) is 11.8 Å². The lowest BCUT2D eigenvalue weighted by Crippen LogP contribution is -2.40. The summed E-state index contributed by atoms with van der Waals surface area (Å²) in [7, 11) is 0. The Balaban J connectivity index is 1.02. The molecule has 1 fully saturated rings. The van der Waals surface area contributed by atoms with E-state index in [9.17, 15) is 0 Å². The Morgan fingerprint density at radius 2 is 0.812 bits per heavy atom. The number of rotatable bonds is 8. The minimum Gasteiger partial charge on any atom is -0.310 e. The van der Waals surface area contributed by atoms with E-state index in [0.29, 0.717) is 11.8 Å². The van der Waals surface area contributed by atoms with E-state index in [4.69, 9.17) is 0 Å². The molecular weight excluding hydrogens is 833 g/mol. The van der Waals surface area contributed by atoms with Gasteiger partial charge in [-0.3, -0.25) is 0 Å². The summed E-state index contributed by atoms with van der Waals surface area (Å²) < 4.78 is 0. The van der Waals surface area contributed by atoms with Crippen LogP contribution in [0.5, 0.6) is 0 Å². The van der Waals surface area contributed by atoms with Crippen molar-refractivity contribution >= 4 is 34.1 Å². The number of benzene rings is 9. The monoisotopic (exact) mass is 890 g/mol. The molecule has 0 bridgehead atoms. The van der Waals surface area contributed by atoms with Crippen LogP contribution in [0.1, 0.15) is 79.3 Å². The number of hydrogen-bond donors (Lipinski definition) is 0. The molecule has 0 N–H and O–H groups in total. The molecule has 3 atom stereocenters. The van der Waals surface area contributed by atoms with Crippen molar-refractivity contribution in [3.63, 3.8) is 0 Å². The average Bonchev–Trinajstić information content (AvgIpc) is 3.98. The summed E-state index contributed by atoms with van der Waals surface area (Å²) >= 11 is 0. The van der Waals surface area contributed by atoms with Gasteiger partial charge in [-0.25, -0.2) is 0 Å². The molecule has 0 amide bonds. The Morgan fingerprint density at radius 1 is 0.362 bits per heavy atom. The molecule has 2 nitrogen and oxygen atoms in total. The van der Waals surface area contributed by atoms with E-state index in [0.717, 1.165) is 12.8 Å². The SMILES string of the molecule is CC1(C)c2ccccc2-c2ccc(N(c3ccccc3)c3cccc4c3C35c6c(cccc6N(c6ccccc6)c6ccc(-c7ccccc7-c7ccccc7)cc6)CC3CCCCCC5C4)cc21. The maximum Gasteiger partial charge on any atom is 0.0505 e. The molecule has 3 unspecified atom stereocenters. The Morgan fingerprint density at radius 3 is 1.39 bits per heavy atom. The van der Waals surface area contributed by atoms with Crippen LogP contribution < -0.4 is 9.80 Å². The molecular formula is C67H58N2. The predicted octanol–water partition coefficient (Wildman–Crippen LogP) is 17.9. The Labute approximate surface area is 408 Å². The van der Waals surface area contributed by atoms with Crippen LogP contribution in [0.2, 0.25) is 0 Å². The van der Waals surface area contributed by atoms with Crippen molar-refractivity contribution in [1.29, 1.82) is 0 Å². The van der Waals surface area contributed by atoms with Crippen LogP contribution in [0.3, 0.4) is 0 Å². The maximum atomic E-state index is 2.63. The standard InChI is InChI=1S/C67H58N2/c1-66(2)60-34-18-17-33-58(60)59-42-41-55(45-61(59)66)69(53-29-13-6-14-30-53)63-36-20-24-49-44-51-26-10-4-9-25-50-43-48-23-19-35-62(64(48)67(50,51)65(49)63)68(52-27-11-5-12-28-52)54-39-37-47(38-40-54)57-32-16-15-31-56(57)46-21-7-3-8-22-46/h3,5-8,11-24,27-42,45,50-51H,4,9-10,25-26,43-44H2,1-2H3. The number of hydrogen-bond acceptors (Lipinski definition) is 2. The third-order valence-electron chi connectivity index (χ3n) is 16.7. The molecule has 4 aliphatic rings. The summed E-state index contributed by atoms with van der Waals surface area (Å²) in [6, 6.07) is 82.4. The highest BCUT2D eigenvalue weighted by Gasteiger charge is 2.59. The molecule has 4 aliphatic carbocycles. The van der Waals surface area contributed by atoms with Gasteiger partial charge in [0.1, 0.15) is 0 Å². The van der Waals surface area contributed by atoms with Crippen LogP contribution in [0.15, 0.2) is 218 Å². The first-order valence-electron chi connectivity index (χ1n) is 25.4. The molecule has 13 rings (SSSR count). The highest BCUT2D eigenvalue weighted by molar-refractivity contribution is 5.90. The smallest absolute Gasteiger partial charge is 0.0505 e. The van der Waals surface area contributed by atoms with Crippen molar-refractivity contribution in [3.8, 4) is 33.4 Å². The summed E-state index contributed by atoms with van der Waals surface area (Å²) in [6.07, 6.45) is 8.53. The van der Waals surface area contributed by atoms with Gasteiger partial charge in [-0.05, 0) is 165 Å². The van der Waals surface area contributed by atoms with E-state index < -0.39 is 0 Å². The van der Waals surface area contributed by atoms with Crippen molar-refractivity contribution in [1.82, 2.24) is 0 Å². The second-order valence-corrected chi connectivity index (χ2v) is 20.6. The van der Waals surface area contributed by atoms with Crippen molar-refractivity contribution in [3.05, 3.63) is 252 Å². The quantitative estimate of drug-likeness (QED) is 0.150. The summed E-state index contributed by atoms with van der Waals surface area (Å²) in [4.78, 5) is 5.22. The van der Waals surface area contributed by atoms with E-state index >= 15 is 0 Å². The largest absolute Gasteiger partial charge is 0.310 e. The van der Waals surface area contributed by atoms with Crippen molar-refractivity contribution < 1.29 is 0 Å². The third kappa shape index (κ3) is 6.59. The first-order chi connectivity index (χ1) is 34.0. The average molecular weight is 891 g/mol. The first-order valence-corrected chi connectivity index (χ1v) is 25.4. The normalized spacial score (nSPS) is 19.2. The van der Waals surface area contributed by atoms with Gasteiger partial charge in [0, 0.05) is 33.6 Å². The fraction of sp³-hybridized carbons (Fsp3) is 0.194. The first kappa shape index (κ1) is 41.7. The zero-order valence-corrected chi connectivity index (χ0v) is 39.8. The van der Waals surface area contributed by atoms with Crippen LogP contribution >= 0.6 is 0 Å². The van der Waals surface area contributed by atoms with Gasteiger partial charge >= 0.3 is 0 Å². The molecule has 69 heavy (non-hydrogen) atoms. The maximum absolute atomic E-state index is 2.63. The highest BCUT2D eigenvalue weighted by atomic mass is 15.2. The van der Waals surface area contributed by atoms with Gasteiger partial charge in [0.05, 0.1) is 11.4 Å². The minimum absolute atomic E-state index is 0.110. The summed E-state index contributed by atoms with van der Waals surface area (Å²) in [6.45, 7) is 4.81. The van der Waals surface area contributed by atoms with E-state index in [2.05, 4.69) is 242 Å². The number of anilines is 6. The third-order valence-corrected chi connectivity index (χ3v) is 16.7. The van der Waals surface area contributed by atoms with Crippen LogP contribution in [0, 0.1) is 11.8 Å². The molecule has 0 aromatic heterocycles. The lowest BCUT2D eigenvalue weighted by molar-refractivity contribution is 0.205. The molecule has 0 aliphatic heterocycles. The fourth-order valence-corrected chi connectivity index (χ4v) is 13.8. The van der Waals surface area contributed by atoms with Gasteiger partial charge in [0.15, 0.2) is 0 Å². The molecule has 2 heteroatoms. The van der Waals surface area contributed by atoms with Crippen LogP contribution in [0.4, 0.5) is 34.1 Å².